The van der Waals surface area contributed by atoms with E-state index < -0.39 is 11.7 Å². The van der Waals surface area contributed by atoms with Crippen molar-refractivity contribution in [3.8, 4) is 0 Å². The van der Waals surface area contributed by atoms with Gasteiger partial charge in [0, 0.05) is 11.7 Å². The molecule has 2 heterocycles. The molecule has 156 valence electrons. The molecule has 2 bridgehead atoms. The normalized spacial score (nSPS) is 24.9. The van der Waals surface area contributed by atoms with Gasteiger partial charge in [-0.1, -0.05) is 31.5 Å². The molecule has 7 heteroatoms. The molecule has 1 N–H and O–H groups in total. The van der Waals surface area contributed by atoms with Crippen LogP contribution >= 0.6 is 0 Å². The molecule has 0 atom stereocenters. The molecule has 2 aromatic heterocycles. The van der Waals surface area contributed by atoms with Crippen molar-refractivity contribution in [3.05, 3.63) is 71.3 Å². The Bertz CT molecular complexity index is 1110. The highest BCUT2D eigenvalue weighted by Crippen LogP contribution is 2.68. The van der Waals surface area contributed by atoms with Crippen LogP contribution in [-0.2, 0) is 12.6 Å². The molecule has 3 saturated carbocycles. The number of pyridine rings is 1. The molecule has 6 rings (SSSR count). The van der Waals surface area contributed by atoms with Crippen molar-refractivity contribution in [2.24, 2.45) is 5.41 Å². The second kappa shape index (κ2) is 6.33. The van der Waals surface area contributed by atoms with E-state index in [1.54, 1.807) is 10.7 Å². The molecule has 30 heavy (non-hydrogen) atoms. The highest BCUT2D eigenvalue weighted by molar-refractivity contribution is 6.00. The van der Waals surface area contributed by atoms with Crippen LogP contribution in [0.2, 0.25) is 0 Å². The van der Waals surface area contributed by atoms with E-state index in [-0.39, 0.29) is 11.4 Å². The van der Waals surface area contributed by atoms with E-state index in [0.717, 1.165) is 48.9 Å². The zero-order valence-corrected chi connectivity index (χ0v) is 16.6. The third-order valence-electron chi connectivity index (χ3n) is 6.80. The number of carbonyl (C=O) groups is 1. The maximum absolute atomic E-state index is 13.0. The number of nitrogens with zero attached hydrogens (tertiary/aromatic N) is 2. The van der Waals surface area contributed by atoms with Crippen molar-refractivity contribution in [1.82, 2.24) is 14.7 Å². The van der Waals surface area contributed by atoms with Gasteiger partial charge in [-0.3, -0.25) is 4.79 Å². The van der Waals surface area contributed by atoms with Crippen molar-refractivity contribution in [2.45, 2.75) is 50.7 Å². The molecule has 4 nitrogen and oxygen atoms in total. The number of amides is 1. The number of rotatable bonds is 5. The first kappa shape index (κ1) is 19.2. The molecular weight excluding hydrogens is 391 g/mol. The number of halogens is 3. The van der Waals surface area contributed by atoms with E-state index in [9.17, 15) is 18.0 Å². The summed E-state index contributed by atoms with van der Waals surface area (Å²) in [5.41, 5.74) is 2.34. The van der Waals surface area contributed by atoms with Crippen LogP contribution in [0.25, 0.3) is 5.52 Å². The fourth-order valence-corrected chi connectivity index (χ4v) is 5.27. The average Bonchev–Trinajstić information content (AvgIpc) is 3.08. The third-order valence-corrected chi connectivity index (χ3v) is 6.80. The van der Waals surface area contributed by atoms with Gasteiger partial charge in [0.2, 0.25) is 0 Å². The Morgan fingerprint density at radius 2 is 1.87 bits per heavy atom. The van der Waals surface area contributed by atoms with Gasteiger partial charge in [0.1, 0.15) is 6.33 Å². The van der Waals surface area contributed by atoms with Crippen molar-refractivity contribution < 1.29 is 18.0 Å². The minimum atomic E-state index is -4.35. The largest absolute Gasteiger partial charge is 0.416 e. The number of hydrogen-bond donors (Lipinski definition) is 1. The van der Waals surface area contributed by atoms with Gasteiger partial charge >= 0.3 is 6.18 Å². The summed E-state index contributed by atoms with van der Waals surface area (Å²) in [7, 11) is 0. The molecule has 1 aromatic carbocycles. The standard InChI is InChI=1S/C23H22F3N3O/c1-2-21-11-22(12-21,13-21)28-20(30)18-19-16(4-3-9-29(19)14-27-18)10-15-5-7-17(8-6-15)23(24,25)26/h3-9,14H,2,10-13H2,1H3,(H,28,30). The molecule has 1 amide bonds. The Labute approximate surface area is 172 Å². The maximum Gasteiger partial charge on any atom is 0.416 e. The van der Waals surface area contributed by atoms with Gasteiger partial charge in [-0.05, 0) is 60.4 Å². The monoisotopic (exact) mass is 413 g/mol. The van der Waals surface area contributed by atoms with Gasteiger partial charge < -0.3 is 9.72 Å². The van der Waals surface area contributed by atoms with Gasteiger partial charge in [-0.15, -0.1) is 0 Å². The van der Waals surface area contributed by atoms with Crippen molar-refractivity contribution in [2.75, 3.05) is 0 Å². The van der Waals surface area contributed by atoms with Gasteiger partial charge in [-0.25, -0.2) is 4.98 Å². The summed E-state index contributed by atoms with van der Waals surface area (Å²) in [6.07, 6.45) is 3.74. The summed E-state index contributed by atoms with van der Waals surface area (Å²) in [5, 5.41) is 3.19. The Morgan fingerprint density at radius 1 is 1.17 bits per heavy atom. The average molecular weight is 413 g/mol. The molecule has 0 saturated heterocycles. The molecule has 0 unspecified atom stereocenters. The summed E-state index contributed by atoms with van der Waals surface area (Å²) in [5.74, 6) is -0.179. The van der Waals surface area contributed by atoms with Gasteiger partial charge in [0.25, 0.3) is 5.91 Å². The number of nitrogens with one attached hydrogen (secondary N) is 1. The van der Waals surface area contributed by atoms with E-state index >= 15 is 0 Å². The second-order valence-electron chi connectivity index (χ2n) is 8.87. The molecule has 3 aliphatic carbocycles. The minimum Gasteiger partial charge on any atom is -0.345 e. The lowest BCUT2D eigenvalue weighted by atomic mass is 9.38. The summed E-state index contributed by atoms with van der Waals surface area (Å²) >= 11 is 0. The second-order valence-corrected chi connectivity index (χ2v) is 8.87. The van der Waals surface area contributed by atoms with E-state index in [2.05, 4.69) is 17.2 Å². The summed E-state index contributed by atoms with van der Waals surface area (Å²) in [6.45, 7) is 2.20. The first-order valence-corrected chi connectivity index (χ1v) is 10.2. The Hall–Kier alpha value is -2.83. The number of alkyl halides is 3. The highest BCUT2D eigenvalue weighted by atomic mass is 19.4. The number of aromatic nitrogens is 2. The van der Waals surface area contributed by atoms with E-state index in [1.807, 2.05) is 18.3 Å². The maximum atomic E-state index is 13.0. The van der Waals surface area contributed by atoms with Crippen molar-refractivity contribution in [1.29, 1.82) is 0 Å². The fourth-order valence-electron chi connectivity index (χ4n) is 5.27. The van der Waals surface area contributed by atoms with Crippen LogP contribution in [0.1, 0.15) is 59.8 Å². The number of fused-ring (bicyclic) bond motifs is 1. The minimum absolute atomic E-state index is 0.0780. The molecule has 3 aliphatic rings. The highest BCUT2D eigenvalue weighted by Gasteiger charge is 2.67. The molecule has 0 aliphatic heterocycles. The topological polar surface area (TPSA) is 46.4 Å². The van der Waals surface area contributed by atoms with E-state index in [0.29, 0.717) is 23.0 Å². The van der Waals surface area contributed by atoms with Crippen LogP contribution in [0.4, 0.5) is 13.2 Å². The quantitative estimate of drug-likeness (QED) is 0.639. The number of imidazole rings is 1. The zero-order chi connectivity index (χ0) is 21.1. The predicted molar refractivity (Wildman–Crippen MR) is 106 cm³/mol. The molecule has 0 spiro atoms. The molecule has 3 aromatic rings. The first-order chi connectivity index (χ1) is 14.2. The Morgan fingerprint density at radius 3 is 2.50 bits per heavy atom. The van der Waals surface area contributed by atoms with Crippen LogP contribution in [-0.4, -0.2) is 20.8 Å². The predicted octanol–water partition coefficient (Wildman–Crippen LogP) is 5.01. The number of hydrogen-bond acceptors (Lipinski definition) is 2. The fraction of sp³-hybridized carbons (Fsp3) is 0.391. The first-order valence-electron chi connectivity index (χ1n) is 10.2. The van der Waals surface area contributed by atoms with Crippen LogP contribution in [0.15, 0.2) is 48.9 Å². The smallest absolute Gasteiger partial charge is 0.345 e. The lowest BCUT2D eigenvalue weighted by molar-refractivity contribution is -0.149. The van der Waals surface area contributed by atoms with Crippen LogP contribution in [0, 0.1) is 5.41 Å². The lowest BCUT2D eigenvalue weighted by Gasteiger charge is -2.70. The zero-order valence-electron chi connectivity index (χ0n) is 16.6. The Kier molecular flexibility index (Phi) is 4.04. The van der Waals surface area contributed by atoms with Crippen LogP contribution in [0.5, 0.6) is 0 Å². The van der Waals surface area contributed by atoms with Gasteiger partial charge in [0.15, 0.2) is 5.69 Å². The van der Waals surface area contributed by atoms with Gasteiger partial charge in [-0.2, -0.15) is 13.2 Å². The molecule has 0 radical (unpaired) electrons. The number of carbonyl (C=O) groups excluding carboxylic acids is 1. The SMILES string of the molecule is CCC12CC(NC(=O)c3ncn4cccc(Cc5ccc(C(F)(F)F)cc5)c34)(C1)C2. The van der Waals surface area contributed by atoms with Gasteiger partial charge in [0.05, 0.1) is 11.1 Å². The van der Waals surface area contributed by atoms with Crippen molar-refractivity contribution in [3.63, 3.8) is 0 Å². The Balaban J connectivity index is 1.40. The van der Waals surface area contributed by atoms with E-state index in [4.69, 9.17) is 0 Å². The lowest BCUT2D eigenvalue weighted by Crippen LogP contribution is -2.74. The molecule has 3 fully saturated rings. The summed E-state index contributed by atoms with van der Waals surface area (Å²) in [6, 6.07) is 8.88. The molecular formula is C23H22F3N3O. The summed E-state index contributed by atoms with van der Waals surface area (Å²) < 4.78 is 40.2. The van der Waals surface area contributed by atoms with Crippen LogP contribution < -0.4 is 5.32 Å². The van der Waals surface area contributed by atoms with Crippen molar-refractivity contribution >= 4 is 11.4 Å². The summed E-state index contributed by atoms with van der Waals surface area (Å²) in [4.78, 5) is 17.3. The van der Waals surface area contributed by atoms with Crippen LogP contribution in [0.3, 0.4) is 0 Å². The third kappa shape index (κ3) is 2.99. The van der Waals surface area contributed by atoms with E-state index in [1.165, 1.54) is 12.1 Å². The number of benzene rings is 1.